The third-order valence-corrected chi connectivity index (χ3v) is 4.26. The van der Waals surface area contributed by atoms with E-state index in [4.69, 9.17) is 9.47 Å². The molecule has 4 nitrogen and oxygen atoms in total. The molecular weight excluding hydrogens is 340 g/mol. The van der Waals surface area contributed by atoms with Gasteiger partial charge in [0.1, 0.15) is 17.2 Å². The minimum absolute atomic E-state index is 0.0585. The summed E-state index contributed by atoms with van der Waals surface area (Å²) in [5, 5.41) is 9.56. The van der Waals surface area contributed by atoms with Gasteiger partial charge in [-0.15, -0.1) is 0 Å². The van der Waals surface area contributed by atoms with Crippen molar-refractivity contribution in [1.29, 1.82) is 0 Å². The summed E-state index contributed by atoms with van der Waals surface area (Å²) in [6.07, 6.45) is 4.50. The number of carbonyl (C=O) groups is 1. The van der Waals surface area contributed by atoms with Gasteiger partial charge in [-0.1, -0.05) is 17.7 Å². The molecule has 4 heteroatoms. The van der Waals surface area contributed by atoms with Crippen molar-refractivity contribution in [3.63, 3.8) is 0 Å². The molecule has 0 saturated heterocycles. The number of phenolic OH excluding ortho intramolecular Hbond substituents is 1. The zero-order chi connectivity index (χ0) is 20.0. The summed E-state index contributed by atoms with van der Waals surface area (Å²) in [6, 6.07) is 10.4. The Labute approximate surface area is 160 Å². The molecule has 0 fully saturated rings. The molecule has 0 aliphatic heterocycles. The first kappa shape index (κ1) is 20.3. The number of methoxy groups -OCH3 is 2. The van der Waals surface area contributed by atoms with E-state index in [-0.39, 0.29) is 11.5 Å². The Hall–Kier alpha value is -3.01. The molecule has 27 heavy (non-hydrogen) atoms. The molecule has 0 saturated carbocycles. The lowest BCUT2D eigenvalue weighted by molar-refractivity contribution is 0.104. The summed E-state index contributed by atoms with van der Waals surface area (Å²) in [4.78, 5) is 12.7. The first-order chi connectivity index (χ1) is 12.8. The van der Waals surface area contributed by atoms with Gasteiger partial charge in [-0.3, -0.25) is 4.79 Å². The van der Waals surface area contributed by atoms with E-state index in [9.17, 15) is 9.90 Å². The topological polar surface area (TPSA) is 55.8 Å². The Morgan fingerprint density at radius 3 is 2.33 bits per heavy atom. The molecule has 0 aliphatic rings. The number of rotatable bonds is 7. The number of aromatic hydroxyl groups is 1. The van der Waals surface area contributed by atoms with Crippen LogP contribution < -0.4 is 9.47 Å². The third kappa shape index (κ3) is 5.23. The molecule has 0 atom stereocenters. The summed E-state index contributed by atoms with van der Waals surface area (Å²) < 4.78 is 10.7. The predicted octanol–water partition coefficient (Wildman–Crippen LogP) is 5.20. The average Bonchev–Trinajstić information content (AvgIpc) is 2.65. The van der Waals surface area contributed by atoms with Crippen LogP contribution in [0, 0.1) is 0 Å². The number of carbonyl (C=O) groups excluding carboxylic acids is 1. The second-order valence-corrected chi connectivity index (χ2v) is 6.59. The summed E-state index contributed by atoms with van der Waals surface area (Å²) in [5.41, 5.74) is 4.52. The van der Waals surface area contributed by atoms with Crippen molar-refractivity contribution in [1.82, 2.24) is 0 Å². The van der Waals surface area contributed by atoms with E-state index in [1.807, 2.05) is 25.1 Å². The van der Waals surface area contributed by atoms with Crippen LogP contribution in [0.2, 0.25) is 0 Å². The van der Waals surface area contributed by atoms with Gasteiger partial charge in [0.2, 0.25) is 0 Å². The monoisotopic (exact) mass is 366 g/mol. The molecule has 2 aromatic carbocycles. The van der Waals surface area contributed by atoms with Gasteiger partial charge in [0.25, 0.3) is 0 Å². The SMILES string of the molecule is COc1ccc(C(C)=CC(=O)c2ccc(O)cc2OC)cc1CC=C(C)C. The Morgan fingerprint density at radius 1 is 1.00 bits per heavy atom. The number of benzene rings is 2. The molecule has 0 heterocycles. The number of allylic oxidation sites excluding steroid dienone is 4. The second kappa shape index (κ2) is 9.08. The molecule has 1 N–H and O–H groups in total. The lowest BCUT2D eigenvalue weighted by Crippen LogP contribution is -2.00. The van der Waals surface area contributed by atoms with Crippen molar-refractivity contribution in [2.24, 2.45) is 0 Å². The molecular formula is C23H26O4. The normalized spacial score (nSPS) is 11.1. The lowest BCUT2D eigenvalue weighted by Gasteiger charge is -2.11. The highest BCUT2D eigenvalue weighted by atomic mass is 16.5. The van der Waals surface area contributed by atoms with Gasteiger partial charge in [0.15, 0.2) is 5.78 Å². The van der Waals surface area contributed by atoms with Crippen molar-refractivity contribution in [2.45, 2.75) is 27.2 Å². The molecule has 0 spiro atoms. The minimum atomic E-state index is -0.175. The van der Waals surface area contributed by atoms with Gasteiger partial charge in [-0.25, -0.2) is 0 Å². The standard InChI is InChI=1S/C23H26O4/c1-15(2)6-7-18-13-17(8-11-22(18)26-4)16(3)12-21(25)20-10-9-19(24)14-23(20)27-5/h6,8-14,24H,7H2,1-5H3. The number of ketones is 1. The second-order valence-electron chi connectivity index (χ2n) is 6.59. The lowest BCUT2D eigenvalue weighted by atomic mass is 9.99. The van der Waals surface area contributed by atoms with Crippen LogP contribution in [0.25, 0.3) is 5.57 Å². The molecule has 2 aromatic rings. The highest BCUT2D eigenvalue weighted by Gasteiger charge is 2.12. The molecule has 0 radical (unpaired) electrons. The average molecular weight is 366 g/mol. The van der Waals surface area contributed by atoms with Crippen LogP contribution in [-0.2, 0) is 6.42 Å². The molecule has 0 aliphatic carbocycles. The van der Waals surface area contributed by atoms with E-state index >= 15 is 0 Å². The maximum Gasteiger partial charge on any atom is 0.189 e. The van der Waals surface area contributed by atoms with Gasteiger partial charge in [-0.05, 0) is 74.2 Å². The minimum Gasteiger partial charge on any atom is -0.508 e. The van der Waals surface area contributed by atoms with Crippen molar-refractivity contribution < 1.29 is 19.4 Å². The maximum absolute atomic E-state index is 12.7. The summed E-state index contributed by atoms with van der Waals surface area (Å²) in [5.74, 6) is 1.06. The Bertz CT molecular complexity index is 887. The van der Waals surface area contributed by atoms with E-state index < -0.39 is 0 Å². The number of hydrogen-bond acceptors (Lipinski definition) is 4. The van der Waals surface area contributed by atoms with Gasteiger partial charge in [0, 0.05) is 6.07 Å². The van der Waals surface area contributed by atoms with E-state index in [0.29, 0.717) is 11.3 Å². The van der Waals surface area contributed by atoms with E-state index in [1.165, 1.54) is 24.8 Å². The van der Waals surface area contributed by atoms with Crippen LogP contribution in [0.5, 0.6) is 17.2 Å². The van der Waals surface area contributed by atoms with Gasteiger partial charge < -0.3 is 14.6 Å². The van der Waals surface area contributed by atoms with E-state index in [1.54, 1.807) is 19.3 Å². The molecule has 0 amide bonds. The van der Waals surface area contributed by atoms with E-state index in [0.717, 1.165) is 28.9 Å². The smallest absolute Gasteiger partial charge is 0.189 e. The first-order valence-corrected chi connectivity index (χ1v) is 8.76. The quantitative estimate of drug-likeness (QED) is 0.415. The van der Waals surface area contributed by atoms with E-state index in [2.05, 4.69) is 19.9 Å². The molecule has 0 bridgehead atoms. The fourth-order valence-corrected chi connectivity index (χ4v) is 2.74. The van der Waals surface area contributed by atoms with Crippen molar-refractivity contribution in [3.8, 4) is 17.2 Å². The summed E-state index contributed by atoms with van der Waals surface area (Å²) in [6.45, 7) is 6.02. The van der Waals surface area contributed by atoms with Gasteiger partial charge in [-0.2, -0.15) is 0 Å². The highest BCUT2D eigenvalue weighted by molar-refractivity contribution is 6.10. The number of hydrogen-bond donors (Lipinski definition) is 1. The van der Waals surface area contributed by atoms with Crippen LogP contribution in [0.4, 0.5) is 0 Å². The Kier molecular flexibility index (Phi) is 6.83. The number of ether oxygens (including phenoxy) is 2. The van der Waals surface area contributed by atoms with Crippen LogP contribution >= 0.6 is 0 Å². The molecule has 2 rings (SSSR count). The fraction of sp³-hybridized carbons (Fsp3) is 0.261. The zero-order valence-corrected chi connectivity index (χ0v) is 16.5. The van der Waals surface area contributed by atoms with Crippen LogP contribution in [-0.4, -0.2) is 25.1 Å². The van der Waals surface area contributed by atoms with Crippen LogP contribution in [0.1, 0.15) is 42.3 Å². The Balaban J connectivity index is 2.36. The zero-order valence-electron chi connectivity index (χ0n) is 16.5. The van der Waals surface area contributed by atoms with Crippen molar-refractivity contribution in [3.05, 3.63) is 70.8 Å². The van der Waals surface area contributed by atoms with Crippen molar-refractivity contribution in [2.75, 3.05) is 14.2 Å². The van der Waals surface area contributed by atoms with Gasteiger partial charge >= 0.3 is 0 Å². The third-order valence-electron chi connectivity index (χ3n) is 4.26. The van der Waals surface area contributed by atoms with Gasteiger partial charge in [0.05, 0.1) is 19.8 Å². The summed E-state index contributed by atoms with van der Waals surface area (Å²) in [7, 11) is 3.13. The fourth-order valence-electron chi connectivity index (χ4n) is 2.74. The Morgan fingerprint density at radius 2 is 1.70 bits per heavy atom. The summed E-state index contributed by atoms with van der Waals surface area (Å²) >= 11 is 0. The maximum atomic E-state index is 12.7. The molecule has 142 valence electrons. The van der Waals surface area contributed by atoms with Crippen LogP contribution in [0.3, 0.4) is 0 Å². The predicted molar refractivity (Wildman–Crippen MR) is 109 cm³/mol. The largest absolute Gasteiger partial charge is 0.508 e. The number of phenols is 1. The molecule has 0 unspecified atom stereocenters. The first-order valence-electron chi connectivity index (χ1n) is 8.76. The highest BCUT2D eigenvalue weighted by Crippen LogP contribution is 2.28. The van der Waals surface area contributed by atoms with Crippen molar-refractivity contribution >= 4 is 11.4 Å². The van der Waals surface area contributed by atoms with Crippen LogP contribution in [0.15, 0.2) is 54.1 Å². The molecule has 0 aromatic heterocycles.